The molecular weight excluding hydrogens is 432 g/mol. The van der Waals surface area contributed by atoms with Gasteiger partial charge in [0.2, 0.25) is 0 Å². The van der Waals surface area contributed by atoms with Crippen molar-refractivity contribution in [2.75, 3.05) is 23.3 Å². The third-order valence-corrected chi connectivity index (χ3v) is 6.36. The molecule has 2 aromatic heterocycles. The summed E-state index contributed by atoms with van der Waals surface area (Å²) in [7, 11) is 0. The minimum Gasteiger partial charge on any atom is -0.366 e. The van der Waals surface area contributed by atoms with Gasteiger partial charge in [-0.05, 0) is 50.0 Å². The Labute approximate surface area is 207 Å². The minimum atomic E-state index is 0.571. The highest BCUT2D eigenvalue weighted by molar-refractivity contribution is 5.80. The third kappa shape index (κ3) is 5.93. The smallest absolute Gasteiger partial charge is 0.137 e. The average molecular weight is 465 g/mol. The Morgan fingerprint density at radius 3 is 2.86 bits per heavy atom. The molecule has 0 amide bonds. The molecule has 6 nitrogen and oxygen atoms in total. The molecule has 0 unspecified atom stereocenters. The monoisotopic (exact) mass is 464 g/mol. The summed E-state index contributed by atoms with van der Waals surface area (Å²) in [5.74, 6) is 1.82. The lowest BCUT2D eigenvalue weighted by atomic mass is 10.0. The lowest BCUT2D eigenvalue weighted by Crippen LogP contribution is -2.32. The quantitative estimate of drug-likeness (QED) is 0.397. The lowest BCUT2D eigenvalue weighted by Gasteiger charge is -2.31. The van der Waals surface area contributed by atoms with Crippen molar-refractivity contribution in [1.82, 2.24) is 15.0 Å². The van der Waals surface area contributed by atoms with Gasteiger partial charge in [0.25, 0.3) is 0 Å². The van der Waals surface area contributed by atoms with Gasteiger partial charge >= 0.3 is 0 Å². The van der Waals surface area contributed by atoms with Gasteiger partial charge in [0.15, 0.2) is 0 Å². The fourth-order valence-electron chi connectivity index (χ4n) is 4.23. The molecule has 0 spiro atoms. The number of fused-ring (bicyclic) bond motifs is 1. The fourth-order valence-corrected chi connectivity index (χ4v) is 4.23. The number of allylic oxidation sites excluding steroid dienone is 3. The molecule has 1 N–H and O–H groups in total. The van der Waals surface area contributed by atoms with Crippen LogP contribution in [0.4, 0.5) is 11.6 Å². The van der Waals surface area contributed by atoms with Crippen molar-refractivity contribution >= 4 is 22.5 Å². The molecule has 1 aliphatic rings. The first kappa shape index (κ1) is 24.2. The number of benzene rings is 1. The maximum Gasteiger partial charge on any atom is 0.137 e. The fraction of sp³-hybridized carbons (Fsp3) is 0.310. The van der Waals surface area contributed by atoms with Crippen LogP contribution in [0.15, 0.2) is 72.2 Å². The molecule has 0 saturated heterocycles. The SMILES string of the molecule is CCC/C=C/C=C\C1=C(C)CCN(c2ncnc(NCc3ccc4cc(C#N)cnc4c3)c2C)C1. The molecule has 0 atom stereocenters. The zero-order valence-corrected chi connectivity index (χ0v) is 20.8. The van der Waals surface area contributed by atoms with E-state index in [1.807, 2.05) is 18.2 Å². The molecule has 1 aliphatic heterocycles. The summed E-state index contributed by atoms with van der Waals surface area (Å²) in [5.41, 5.74) is 6.41. The normalized spacial score (nSPS) is 14.3. The van der Waals surface area contributed by atoms with E-state index in [2.05, 4.69) is 82.4 Å². The Morgan fingerprint density at radius 1 is 1.14 bits per heavy atom. The summed E-state index contributed by atoms with van der Waals surface area (Å²) in [6.07, 6.45) is 15.3. The largest absolute Gasteiger partial charge is 0.366 e. The molecule has 0 bridgehead atoms. The molecule has 0 radical (unpaired) electrons. The molecule has 178 valence electrons. The molecule has 1 aromatic carbocycles. The Hall–Kier alpha value is -3.98. The second-order valence-corrected chi connectivity index (χ2v) is 8.94. The number of hydrogen-bond acceptors (Lipinski definition) is 6. The second-order valence-electron chi connectivity index (χ2n) is 8.94. The minimum absolute atomic E-state index is 0.571. The van der Waals surface area contributed by atoms with Crippen molar-refractivity contribution in [2.45, 2.75) is 46.6 Å². The standard InChI is InChI=1S/C29H32N6/c1-4-5-6-7-8-9-26-19-35(13-12-21(26)2)29-22(3)28(33-20-34-29)32-17-23-10-11-25-14-24(16-30)18-31-27(25)15-23/h6-11,14-15,18,20H,4-5,12-13,17,19H2,1-3H3,(H,32,33,34)/b7-6+,9-8-. The zero-order chi connectivity index (χ0) is 24.6. The van der Waals surface area contributed by atoms with E-state index >= 15 is 0 Å². The van der Waals surface area contributed by atoms with Crippen molar-refractivity contribution in [3.8, 4) is 6.07 Å². The summed E-state index contributed by atoms with van der Waals surface area (Å²) in [5, 5.41) is 13.5. The van der Waals surface area contributed by atoms with E-state index < -0.39 is 0 Å². The number of nitriles is 1. The van der Waals surface area contributed by atoms with Gasteiger partial charge in [0, 0.05) is 36.8 Å². The molecule has 0 fully saturated rings. The van der Waals surface area contributed by atoms with Crippen LogP contribution in [0.5, 0.6) is 0 Å². The summed E-state index contributed by atoms with van der Waals surface area (Å²) in [6, 6.07) is 10.1. The Bertz CT molecular complexity index is 1330. The van der Waals surface area contributed by atoms with E-state index in [1.165, 1.54) is 17.6 Å². The number of aromatic nitrogens is 3. The van der Waals surface area contributed by atoms with Crippen LogP contribution >= 0.6 is 0 Å². The highest BCUT2D eigenvalue weighted by atomic mass is 15.2. The van der Waals surface area contributed by atoms with Crippen molar-refractivity contribution in [3.05, 3.63) is 88.9 Å². The van der Waals surface area contributed by atoms with Crippen molar-refractivity contribution < 1.29 is 0 Å². The predicted molar refractivity (Wildman–Crippen MR) is 143 cm³/mol. The van der Waals surface area contributed by atoms with Gasteiger partial charge in [0.1, 0.15) is 24.0 Å². The average Bonchev–Trinajstić information content (AvgIpc) is 2.88. The third-order valence-electron chi connectivity index (χ3n) is 6.36. The topological polar surface area (TPSA) is 77.7 Å². The first-order valence-electron chi connectivity index (χ1n) is 12.2. The van der Waals surface area contributed by atoms with Crippen LogP contribution in [-0.2, 0) is 6.54 Å². The number of rotatable bonds is 8. The van der Waals surface area contributed by atoms with E-state index in [0.29, 0.717) is 12.1 Å². The van der Waals surface area contributed by atoms with E-state index in [-0.39, 0.29) is 0 Å². The van der Waals surface area contributed by atoms with Gasteiger partial charge in [-0.3, -0.25) is 4.98 Å². The van der Waals surface area contributed by atoms with Crippen LogP contribution in [0, 0.1) is 18.3 Å². The van der Waals surface area contributed by atoms with Crippen molar-refractivity contribution in [3.63, 3.8) is 0 Å². The molecule has 3 aromatic rings. The number of pyridine rings is 1. The number of unbranched alkanes of at least 4 members (excludes halogenated alkanes) is 1. The van der Waals surface area contributed by atoms with Crippen LogP contribution in [0.3, 0.4) is 0 Å². The highest BCUT2D eigenvalue weighted by Crippen LogP contribution is 2.28. The molecule has 0 aliphatic carbocycles. The van der Waals surface area contributed by atoms with E-state index in [4.69, 9.17) is 5.26 Å². The molecule has 3 heterocycles. The van der Waals surface area contributed by atoms with Crippen LogP contribution in [0.1, 0.15) is 49.8 Å². The van der Waals surface area contributed by atoms with Gasteiger partial charge in [-0.2, -0.15) is 5.26 Å². The number of anilines is 2. The van der Waals surface area contributed by atoms with Gasteiger partial charge < -0.3 is 10.2 Å². The summed E-state index contributed by atoms with van der Waals surface area (Å²) < 4.78 is 0. The number of hydrogen-bond donors (Lipinski definition) is 1. The maximum atomic E-state index is 9.07. The maximum absolute atomic E-state index is 9.07. The number of nitrogens with zero attached hydrogens (tertiary/aromatic N) is 5. The van der Waals surface area contributed by atoms with Gasteiger partial charge in [0.05, 0.1) is 11.1 Å². The van der Waals surface area contributed by atoms with Gasteiger partial charge in [-0.25, -0.2) is 9.97 Å². The summed E-state index contributed by atoms with van der Waals surface area (Å²) >= 11 is 0. The van der Waals surface area contributed by atoms with E-state index in [0.717, 1.165) is 59.6 Å². The van der Waals surface area contributed by atoms with Gasteiger partial charge in [-0.1, -0.05) is 55.4 Å². The Balaban J connectivity index is 1.46. The summed E-state index contributed by atoms with van der Waals surface area (Å²) in [6.45, 7) is 8.93. The number of nitrogens with one attached hydrogen (secondary N) is 1. The molecule has 35 heavy (non-hydrogen) atoms. The summed E-state index contributed by atoms with van der Waals surface area (Å²) in [4.78, 5) is 15.9. The first-order valence-corrected chi connectivity index (χ1v) is 12.2. The van der Waals surface area contributed by atoms with Crippen LogP contribution in [0.2, 0.25) is 0 Å². The Kier molecular flexibility index (Phi) is 7.89. The van der Waals surface area contributed by atoms with Crippen LogP contribution in [0.25, 0.3) is 10.9 Å². The molecular formula is C29H32N6. The van der Waals surface area contributed by atoms with Crippen LogP contribution < -0.4 is 10.2 Å². The van der Waals surface area contributed by atoms with Crippen molar-refractivity contribution in [1.29, 1.82) is 5.26 Å². The second kappa shape index (κ2) is 11.4. The lowest BCUT2D eigenvalue weighted by molar-refractivity contribution is 0.752. The van der Waals surface area contributed by atoms with E-state index in [1.54, 1.807) is 12.5 Å². The molecule has 0 saturated carbocycles. The zero-order valence-electron chi connectivity index (χ0n) is 20.8. The highest BCUT2D eigenvalue weighted by Gasteiger charge is 2.19. The Morgan fingerprint density at radius 2 is 2.03 bits per heavy atom. The first-order chi connectivity index (χ1) is 17.1. The van der Waals surface area contributed by atoms with Gasteiger partial charge in [-0.15, -0.1) is 0 Å². The predicted octanol–water partition coefficient (Wildman–Crippen LogP) is 6.26. The van der Waals surface area contributed by atoms with Crippen LogP contribution in [-0.4, -0.2) is 28.0 Å². The van der Waals surface area contributed by atoms with Crippen molar-refractivity contribution in [2.24, 2.45) is 0 Å². The van der Waals surface area contributed by atoms with E-state index in [9.17, 15) is 0 Å². The molecule has 4 rings (SSSR count). The molecule has 6 heteroatoms.